The van der Waals surface area contributed by atoms with E-state index in [1.165, 1.54) is 12.1 Å². The maximum Gasteiger partial charge on any atom is 0.417 e. The van der Waals surface area contributed by atoms with Crippen LogP contribution < -0.4 is 0 Å². The lowest BCUT2D eigenvalue weighted by atomic mass is 10.1. The Morgan fingerprint density at radius 2 is 2.17 bits per heavy atom. The number of hydrogen-bond acceptors (Lipinski definition) is 4. The molecule has 3 amide bonds. The van der Waals surface area contributed by atoms with Gasteiger partial charge in [0, 0.05) is 30.1 Å². The molecule has 1 aromatic carbocycles. The number of carbonyl (C=O) groups is 3. The molecule has 2 aliphatic rings. The largest absolute Gasteiger partial charge is 0.439 e. The van der Waals surface area contributed by atoms with Crippen molar-refractivity contribution in [3.63, 3.8) is 0 Å². The van der Waals surface area contributed by atoms with Crippen molar-refractivity contribution in [2.24, 2.45) is 0 Å². The Balaban J connectivity index is 1.57. The Hall–Kier alpha value is -2.15. The number of ether oxygens (including phenoxy) is 1. The predicted octanol–water partition coefficient (Wildman–Crippen LogP) is 1.99. The number of amides is 3. The molecule has 2 fully saturated rings. The van der Waals surface area contributed by atoms with Gasteiger partial charge in [0.1, 0.15) is 5.82 Å². The van der Waals surface area contributed by atoms with Gasteiger partial charge in [-0.2, -0.15) is 0 Å². The molecular weight excluding hydrogens is 339 g/mol. The van der Waals surface area contributed by atoms with Gasteiger partial charge in [0.2, 0.25) is 5.91 Å². The van der Waals surface area contributed by atoms with E-state index in [0.717, 1.165) is 4.90 Å². The second-order valence-corrected chi connectivity index (χ2v) is 6.21. The minimum atomic E-state index is -0.655. The lowest BCUT2D eigenvalue weighted by Gasteiger charge is -2.20. The summed E-state index contributed by atoms with van der Waals surface area (Å²) in [5.74, 6) is -0.964. The van der Waals surface area contributed by atoms with E-state index in [1.807, 2.05) is 0 Å². The monoisotopic (exact) mass is 354 g/mol. The third-order valence-corrected chi connectivity index (χ3v) is 4.67. The molecule has 0 aliphatic carbocycles. The molecule has 0 saturated carbocycles. The lowest BCUT2D eigenvalue weighted by molar-refractivity contribution is -0.131. The van der Waals surface area contributed by atoms with Crippen LogP contribution in [0.4, 0.5) is 9.18 Å². The van der Waals surface area contributed by atoms with Gasteiger partial charge in [0.25, 0.3) is 5.91 Å². The molecule has 0 radical (unpaired) electrons. The molecule has 2 saturated heterocycles. The van der Waals surface area contributed by atoms with E-state index < -0.39 is 11.9 Å². The molecule has 0 spiro atoms. The maximum absolute atomic E-state index is 13.7. The fourth-order valence-electron chi connectivity index (χ4n) is 3.06. The van der Waals surface area contributed by atoms with Crippen LogP contribution in [0, 0.1) is 5.82 Å². The molecule has 6 nitrogen and oxygen atoms in total. The molecule has 8 heteroatoms. The maximum atomic E-state index is 13.7. The smallest absolute Gasteiger partial charge is 0.417 e. The van der Waals surface area contributed by atoms with Crippen molar-refractivity contribution in [2.45, 2.75) is 25.3 Å². The number of hydrogen-bond donors (Lipinski definition) is 0. The molecule has 3 rings (SSSR count). The number of cyclic esters (lactones) is 1. The number of likely N-dealkylation sites (tertiary alicyclic amines) is 1. The summed E-state index contributed by atoms with van der Waals surface area (Å²) < 4.78 is 18.4. The van der Waals surface area contributed by atoms with Crippen molar-refractivity contribution in [2.75, 3.05) is 19.7 Å². The van der Waals surface area contributed by atoms with Gasteiger partial charge < -0.3 is 9.64 Å². The fourth-order valence-corrected chi connectivity index (χ4v) is 3.31. The lowest BCUT2D eigenvalue weighted by Crippen LogP contribution is -2.42. The Labute approximate surface area is 143 Å². The standard InChI is InChI=1S/C16H16ClFN2O4/c17-12-2-1-3-13(18)11(12)4-5-14(21)19-7-6-10(8-19)20-15(22)9-24-16(20)23/h1-3,10H,4-9H2. The summed E-state index contributed by atoms with van der Waals surface area (Å²) in [7, 11) is 0. The van der Waals surface area contributed by atoms with Crippen LogP contribution in [0.1, 0.15) is 18.4 Å². The zero-order valence-electron chi connectivity index (χ0n) is 12.8. The number of rotatable bonds is 4. The number of benzene rings is 1. The molecule has 128 valence electrons. The molecule has 24 heavy (non-hydrogen) atoms. The quantitative estimate of drug-likeness (QED) is 0.829. The van der Waals surface area contributed by atoms with Crippen LogP contribution in [0.5, 0.6) is 0 Å². The van der Waals surface area contributed by atoms with E-state index in [0.29, 0.717) is 23.6 Å². The third kappa shape index (κ3) is 3.21. The minimum Gasteiger partial charge on any atom is -0.439 e. The van der Waals surface area contributed by atoms with E-state index in [4.69, 9.17) is 16.3 Å². The first kappa shape index (κ1) is 16.7. The van der Waals surface area contributed by atoms with Crippen LogP contribution in [-0.2, 0) is 20.7 Å². The summed E-state index contributed by atoms with van der Waals surface area (Å²) in [6.07, 6.45) is 0.187. The highest BCUT2D eigenvalue weighted by molar-refractivity contribution is 6.31. The summed E-state index contributed by atoms with van der Waals surface area (Å²) >= 11 is 5.95. The van der Waals surface area contributed by atoms with Gasteiger partial charge in [0.05, 0.1) is 6.04 Å². The highest BCUT2D eigenvalue weighted by atomic mass is 35.5. The molecule has 2 heterocycles. The van der Waals surface area contributed by atoms with Crippen LogP contribution in [0.15, 0.2) is 18.2 Å². The SMILES string of the molecule is O=C(CCc1c(F)cccc1Cl)N1CCC(N2C(=O)COC2=O)C1. The summed E-state index contributed by atoms with van der Waals surface area (Å²) in [5.41, 5.74) is 0.321. The summed E-state index contributed by atoms with van der Waals surface area (Å²) in [6, 6.07) is 4.05. The number of carbonyl (C=O) groups excluding carboxylic acids is 3. The molecular formula is C16H16ClFN2O4. The molecule has 1 unspecified atom stereocenters. The number of halogens is 2. The summed E-state index contributed by atoms with van der Waals surface area (Å²) in [4.78, 5) is 38.2. The molecule has 1 atom stereocenters. The van der Waals surface area contributed by atoms with E-state index in [2.05, 4.69) is 0 Å². The van der Waals surface area contributed by atoms with Gasteiger partial charge in [-0.15, -0.1) is 0 Å². The van der Waals surface area contributed by atoms with Crippen molar-refractivity contribution in [3.8, 4) is 0 Å². The molecule has 0 aromatic heterocycles. The van der Waals surface area contributed by atoms with Gasteiger partial charge in [-0.3, -0.25) is 9.59 Å². The Morgan fingerprint density at radius 3 is 2.83 bits per heavy atom. The molecule has 0 bridgehead atoms. The van der Waals surface area contributed by atoms with Gasteiger partial charge in [-0.05, 0) is 25.0 Å². The van der Waals surface area contributed by atoms with Crippen LogP contribution in [-0.4, -0.2) is 53.4 Å². The average Bonchev–Trinajstić information content (AvgIpc) is 3.13. The van der Waals surface area contributed by atoms with E-state index in [1.54, 1.807) is 11.0 Å². The average molecular weight is 355 g/mol. The first-order valence-electron chi connectivity index (χ1n) is 7.67. The normalized spacial score (nSPS) is 20.7. The van der Waals surface area contributed by atoms with E-state index >= 15 is 0 Å². The van der Waals surface area contributed by atoms with Crippen LogP contribution in [0.2, 0.25) is 5.02 Å². The zero-order valence-corrected chi connectivity index (χ0v) is 13.6. The van der Waals surface area contributed by atoms with Gasteiger partial charge in [-0.25, -0.2) is 14.1 Å². The van der Waals surface area contributed by atoms with Crippen molar-refractivity contribution in [1.29, 1.82) is 0 Å². The summed E-state index contributed by atoms with van der Waals surface area (Å²) in [5, 5.41) is 0.299. The third-order valence-electron chi connectivity index (χ3n) is 4.32. The minimum absolute atomic E-state index is 0.117. The van der Waals surface area contributed by atoms with Crippen molar-refractivity contribution >= 4 is 29.5 Å². The highest BCUT2D eigenvalue weighted by Gasteiger charge is 2.41. The second kappa shape index (κ2) is 6.76. The molecule has 2 aliphatic heterocycles. The van der Waals surface area contributed by atoms with Crippen LogP contribution >= 0.6 is 11.6 Å². The van der Waals surface area contributed by atoms with E-state index in [-0.39, 0.29) is 43.8 Å². The van der Waals surface area contributed by atoms with E-state index in [9.17, 15) is 18.8 Å². The Bertz CT molecular complexity index is 660. The van der Waals surface area contributed by atoms with Crippen LogP contribution in [0.3, 0.4) is 0 Å². The predicted molar refractivity (Wildman–Crippen MR) is 82.9 cm³/mol. The van der Waals surface area contributed by atoms with Crippen molar-refractivity contribution < 1.29 is 23.5 Å². The first-order valence-corrected chi connectivity index (χ1v) is 8.04. The first-order chi connectivity index (χ1) is 11.5. The fraction of sp³-hybridized carbons (Fsp3) is 0.438. The Kier molecular flexibility index (Phi) is 4.71. The van der Waals surface area contributed by atoms with Crippen molar-refractivity contribution in [3.05, 3.63) is 34.6 Å². The number of imide groups is 1. The van der Waals surface area contributed by atoms with Gasteiger partial charge in [0.15, 0.2) is 6.61 Å². The second-order valence-electron chi connectivity index (χ2n) is 5.80. The highest BCUT2D eigenvalue weighted by Crippen LogP contribution is 2.23. The van der Waals surface area contributed by atoms with Gasteiger partial charge in [-0.1, -0.05) is 17.7 Å². The summed E-state index contributed by atoms with van der Waals surface area (Å²) in [6.45, 7) is 0.491. The molecule has 1 aromatic rings. The van der Waals surface area contributed by atoms with Gasteiger partial charge >= 0.3 is 6.09 Å². The zero-order chi connectivity index (χ0) is 17.3. The Morgan fingerprint density at radius 1 is 1.38 bits per heavy atom. The topological polar surface area (TPSA) is 66.9 Å². The number of nitrogens with zero attached hydrogens (tertiary/aromatic N) is 2. The van der Waals surface area contributed by atoms with Crippen molar-refractivity contribution in [1.82, 2.24) is 9.80 Å². The van der Waals surface area contributed by atoms with Crippen LogP contribution in [0.25, 0.3) is 0 Å². The molecule has 0 N–H and O–H groups in total.